The molecule has 0 amide bonds. The zero-order valence-corrected chi connectivity index (χ0v) is 12.7. The van der Waals surface area contributed by atoms with Crippen LogP contribution >= 0.6 is 0 Å². The Labute approximate surface area is 108 Å². The third-order valence-electron chi connectivity index (χ3n) is 2.88. The molecule has 0 aromatic carbocycles. The lowest BCUT2D eigenvalue weighted by Gasteiger charge is -2.25. The molecule has 0 unspecified atom stereocenters. The first-order chi connectivity index (χ1) is 8.24. The summed E-state index contributed by atoms with van der Waals surface area (Å²) < 4.78 is 16.6. The molecule has 0 aromatic heterocycles. The normalized spacial score (nSPS) is 11.7. The van der Waals surface area contributed by atoms with Crippen LogP contribution < -0.4 is 0 Å². The van der Waals surface area contributed by atoms with Crippen molar-refractivity contribution in [1.29, 1.82) is 0 Å². The SMILES string of the molecule is C=CCO[Si](CCCCCCCC)(OC)OC. The molecule has 102 valence electrons. The third-order valence-corrected chi connectivity index (χ3v) is 5.70. The molecule has 0 bridgehead atoms. The molecular weight excluding hydrogens is 232 g/mol. The number of unbranched alkanes of at least 4 members (excludes halogenated alkanes) is 5. The van der Waals surface area contributed by atoms with Crippen molar-refractivity contribution < 1.29 is 13.3 Å². The van der Waals surface area contributed by atoms with E-state index in [1.165, 1.54) is 32.1 Å². The van der Waals surface area contributed by atoms with E-state index >= 15 is 0 Å². The number of hydrogen-bond donors (Lipinski definition) is 0. The van der Waals surface area contributed by atoms with Gasteiger partial charge >= 0.3 is 8.80 Å². The molecule has 0 saturated heterocycles. The highest BCUT2D eigenvalue weighted by Crippen LogP contribution is 2.19. The topological polar surface area (TPSA) is 27.7 Å². The summed E-state index contributed by atoms with van der Waals surface area (Å²) in [7, 11) is 0.949. The van der Waals surface area contributed by atoms with Crippen molar-refractivity contribution >= 4 is 8.80 Å². The lowest BCUT2D eigenvalue weighted by Crippen LogP contribution is -2.43. The summed E-state index contributed by atoms with van der Waals surface area (Å²) in [4.78, 5) is 0. The molecule has 0 rings (SSSR count). The standard InChI is InChI=1S/C13H28O3Si/c1-5-7-8-9-10-11-13-17(14-3,15-4)16-12-6-2/h6H,2,5,7-13H2,1,3-4H3. The smallest absolute Gasteiger partial charge is 0.377 e. The fourth-order valence-electron chi connectivity index (χ4n) is 1.79. The molecule has 0 radical (unpaired) electrons. The maximum Gasteiger partial charge on any atom is 0.500 e. The Morgan fingerprint density at radius 2 is 1.59 bits per heavy atom. The zero-order chi connectivity index (χ0) is 13.0. The quantitative estimate of drug-likeness (QED) is 0.304. The van der Waals surface area contributed by atoms with Crippen molar-refractivity contribution in [2.75, 3.05) is 20.8 Å². The molecular formula is C13H28O3Si. The van der Waals surface area contributed by atoms with Crippen LogP contribution in [-0.2, 0) is 13.3 Å². The van der Waals surface area contributed by atoms with Crippen molar-refractivity contribution in [2.45, 2.75) is 51.5 Å². The summed E-state index contributed by atoms with van der Waals surface area (Å²) in [6, 6.07) is 0.903. The molecule has 0 heterocycles. The van der Waals surface area contributed by atoms with E-state index in [9.17, 15) is 0 Å². The molecule has 0 aromatic rings. The van der Waals surface area contributed by atoms with E-state index in [4.69, 9.17) is 13.3 Å². The van der Waals surface area contributed by atoms with Crippen LogP contribution in [0.1, 0.15) is 45.4 Å². The molecule has 0 fully saturated rings. The lowest BCUT2D eigenvalue weighted by atomic mass is 10.1. The highest BCUT2D eigenvalue weighted by Gasteiger charge is 2.37. The fraction of sp³-hybridized carbons (Fsp3) is 0.846. The zero-order valence-electron chi connectivity index (χ0n) is 11.7. The van der Waals surface area contributed by atoms with Gasteiger partial charge < -0.3 is 13.3 Å². The molecule has 0 aliphatic rings. The van der Waals surface area contributed by atoms with E-state index in [0.717, 1.165) is 12.5 Å². The second-order valence-electron chi connectivity index (χ2n) is 4.21. The van der Waals surface area contributed by atoms with Gasteiger partial charge in [0.1, 0.15) is 0 Å². The van der Waals surface area contributed by atoms with Crippen molar-refractivity contribution in [2.24, 2.45) is 0 Å². The molecule has 0 spiro atoms. The van der Waals surface area contributed by atoms with Gasteiger partial charge in [-0.1, -0.05) is 45.1 Å². The van der Waals surface area contributed by atoms with Gasteiger partial charge in [-0.3, -0.25) is 0 Å². The van der Waals surface area contributed by atoms with Crippen molar-refractivity contribution in [3.63, 3.8) is 0 Å². The summed E-state index contributed by atoms with van der Waals surface area (Å²) in [5.41, 5.74) is 0. The van der Waals surface area contributed by atoms with Crippen LogP contribution in [0.25, 0.3) is 0 Å². The van der Waals surface area contributed by atoms with Crippen LogP contribution in [0.15, 0.2) is 12.7 Å². The summed E-state index contributed by atoms with van der Waals surface area (Å²) in [6.07, 6.45) is 9.35. The minimum absolute atomic E-state index is 0.504. The second kappa shape index (κ2) is 11.0. The van der Waals surface area contributed by atoms with Crippen molar-refractivity contribution in [3.05, 3.63) is 12.7 Å². The van der Waals surface area contributed by atoms with E-state index in [1.807, 2.05) is 0 Å². The maximum atomic E-state index is 5.68. The van der Waals surface area contributed by atoms with Crippen molar-refractivity contribution in [3.8, 4) is 0 Å². The Morgan fingerprint density at radius 1 is 1.00 bits per heavy atom. The van der Waals surface area contributed by atoms with E-state index in [1.54, 1.807) is 20.3 Å². The van der Waals surface area contributed by atoms with Crippen molar-refractivity contribution in [1.82, 2.24) is 0 Å². The number of hydrogen-bond acceptors (Lipinski definition) is 3. The average Bonchev–Trinajstić information content (AvgIpc) is 2.38. The van der Waals surface area contributed by atoms with Crippen LogP contribution in [0.4, 0.5) is 0 Å². The Morgan fingerprint density at radius 3 is 2.12 bits per heavy atom. The molecule has 0 atom stereocenters. The van der Waals surface area contributed by atoms with Gasteiger partial charge in [-0.2, -0.15) is 0 Å². The fourth-order valence-corrected chi connectivity index (χ4v) is 3.79. The Kier molecular flexibility index (Phi) is 10.9. The van der Waals surface area contributed by atoms with E-state index in [2.05, 4.69) is 13.5 Å². The molecule has 0 aliphatic heterocycles. The van der Waals surface area contributed by atoms with Crippen LogP contribution in [0.3, 0.4) is 0 Å². The first-order valence-electron chi connectivity index (χ1n) is 6.59. The lowest BCUT2D eigenvalue weighted by molar-refractivity contribution is 0.109. The highest BCUT2D eigenvalue weighted by molar-refractivity contribution is 6.60. The number of rotatable bonds is 12. The summed E-state index contributed by atoms with van der Waals surface area (Å²) in [5.74, 6) is 0. The van der Waals surface area contributed by atoms with E-state index in [-0.39, 0.29) is 0 Å². The maximum absolute atomic E-state index is 5.68. The van der Waals surface area contributed by atoms with Gasteiger partial charge in [0.15, 0.2) is 0 Å². The average molecular weight is 260 g/mol. The molecule has 4 heteroatoms. The largest absolute Gasteiger partial charge is 0.500 e. The monoisotopic (exact) mass is 260 g/mol. The molecule has 0 N–H and O–H groups in total. The molecule has 3 nitrogen and oxygen atoms in total. The predicted octanol–water partition coefficient (Wildman–Crippen LogP) is 3.78. The summed E-state index contributed by atoms with van der Waals surface area (Å²) >= 11 is 0. The van der Waals surface area contributed by atoms with Crippen LogP contribution in [0.2, 0.25) is 6.04 Å². The third kappa shape index (κ3) is 7.71. The van der Waals surface area contributed by atoms with Crippen LogP contribution in [0, 0.1) is 0 Å². The summed E-state index contributed by atoms with van der Waals surface area (Å²) in [6.45, 7) is 6.39. The molecule has 0 aliphatic carbocycles. The van der Waals surface area contributed by atoms with Gasteiger partial charge in [0.25, 0.3) is 0 Å². The Hall–Kier alpha value is -0.163. The first-order valence-corrected chi connectivity index (χ1v) is 8.53. The predicted molar refractivity (Wildman–Crippen MR) is 74.1 cm³/mol. The van der Waals surface area contributed by atoms with Gasteiger partial charge in [0, 0.05) is 20.3 Å². The summed E-state index contributed by atoms with van der Waals surface area (Å²) in [5, 5.41) is 0. The van der Waals surface area contributed by atoms with Crippen LogP contribution in [0.5, 0.6) is 0 Å². The van der Waals surface area contributed by atoms with Gasteiger partial charge in [0.05, 0.1) is 6.61 Å². The van der Waals surface area contributed by atoms with Crippen LogP contribution in [-0.4, -0.2) is 29.6 Å². The Bertz CT molecular complexity index is 182. The first kappa shape index (κ1) is 16.8. The van der Waals surface area contributed by atoms with Gasteiger partial charge in [-0.25, -0.2) is 0 Å². The van der Waals surface area contributed by atoms with Gasteiger partial charge in [-0.05, 0) is 6.42 Å². The minimum atomic E-state index is -2.40. The van der Waals surface area contributed by atoms with Gasteiger partial charge in [-0.15, -0.1) is 6.58 Å². The minimum Gasteiger partial charge on any atom is -0.377 e. The Balaban J connectivity index is 3.79. The molecule has 0 saturated carbocycles. The highest BCUT2D eigenvalue weighted by atomic mass is 28.4. The van der Waals surface area contributed by atoms with E-state index < -0.39 is 8.80 Å². The molecule has 17 heavy (non-hydrogen) atoms. The second-order valence-corrected chi connectivity index (χ2v) is 7.18. The van der Waals surface area contributed by atoms with Gasteiger partial charge in [0.2, 0.25) is 0 Å². The van der Waals surface area contributed by atoms with E-state index in [0.29, 0.717) is 6.61 Å².